The van der Waals surface area contributed by atoms with Crippen molar-refractivity contribution in [3.05, 3.63) is 99.1 Å². The fraction of sp³-hybridized carbons (Fsp3) is 0.167. The minimum absolute atomic E-state index is 0.100. The second kappa shape index (κ2) is 8.19. The quantitative estimate of drug-likeness (QED) is 0.404. The number of nitro groups is 1. The lowest BCUT2D eigenvalue weighted by molar-refractivity contribution is -0.385. The van der Waals surface area contributed by atoms with Gasteiger partial charge in [0.1, 0.15) is 18.1 Å². The van der Waals surface area contributed by atoms with E-state index in [0.717, 1.165) is 35.3 Å². The second-order valence-electron chi connectivity index (χ2n) is 6.94. The Morgan fingerprint density at radius 1 is 0.966 bits per heavy atom. The van der Waals surface area contributed by atoms with Crippen molar-refractivity contribution in [2.75, 3.05) is 7.11 Å². The number of allylic oxidation sites excluding steroid dienone is 1. The summed E-state index contributed by atoms with van der Waals surface area (Å²) in [5.41, 5.74) is 5.03. The van der Waals surface area contributed by atoms with E-state index >= 15 is 0 Å². The zero-order valence-corrected chi connectivity index (χ0v) is 16.1. The van der Waals surface area contributed by atoms with Crippen molar-refractivity contribution >= 4 is 17.3 Å². The van der Waals surface area contributed by atoms with Gasteiger partial charge in [0.2, 0.25) is 0 Å². The lowest BCUT2D eigenvalue weighted by atomic mass is 9.88. The molecular weight excluding hydrogens is 366 g/mol. The number of nitro benzene ring substituents is 1. The molecule has 0 fully saturated rings. The number of hydrogen-bond donors (Lipinski definition) is 0. The minimum atomic E-state index is -0.342. The third-order valence-corrected chi connectivity index (χ3v) is 5.10. The van der Waals surface area contributed by atoms with Gasteiger partial charge < -0.3 is 9.47 Å². The van der Waals surface area contributed by atoms with Crippen molar-refractivity contribution in [1.82, 2.24) is 0 Å². The fourth-order valence-electron chi connectivity index (χ4n) is 3.57. The normalized spacial score (nSPS) is 12.7. The summed E-state index contributed by atoms with van der Waals surface area (Å²) >= 11 is 0. The van der Waals surface area contributed by atoms with Gasteiger partial charge >= 0.3 is 0 Å². The van der Waals surface area contributed by atoms with Crippen molar-refractivity contribution in [3.8, 4) is 11.5 Å². The maximum Gasteiger partial charge on any atom is 0.277 e. The van der Waals surface area contributed by atoms with Gasteiger partial charge in [0.05, 0.1) is 17.6 Å². The zero-order valence-electron chi connectivity index (χ0n) is 16.1. The highest BCUT2D eigenvalue weighted by Crippen LogP contribution is 2.37. The highest BCUT2D eigenvalue weighted by molar-refractivity contribution is 5.88. The first-order valence-corrected chi connectivity index (χ1v) is 9.47. The molecule has 29 heavy (non-hydrogen) atoms. The first-order chi connectivity index (χ1) is 14.1. The summed E-state index contributed by atoms with van der Waals surface area (Å²) in [5, 5.41) is 11.5. The maximum atomic E-state index is 11.5. The lowest BCUT2D eigenvalue weighted by Crippen LogP contribution is -2.03. The molecule has 146 valence electrons. The van der Waals surface area contributed by atoms with E-state index in [0.29, 0.717) is 17.9 Å². The van der Waals surface area contributed by atoms with Gasteiger partial charge in [-0.1, -0.05) is 42.5 Å². The van der Waals surface area contributed by atoms with Gasteiger partial charge in [0.25, 0.3) is 5.69 Å². The Morgan fingerprint density at radius 3 is 2.52 bits per heavy atom. The van der Waals surface area contributed by atoms with Crippen LogP contribution in [0.4, 0.5) is 5.69 Å². The first kappa shape index (κ1) is 18.7. The smallest absolute Gasteiger partial charge is 0.277 e. The van der Waals surface area contributed by atoms with Gasteiger partial charge in [0.15, 0.2) is 0 Å². The van der Waals surface area contributed by atoms with Gasteiger partial charge in [-0.15, -0.1) is 0 Å². The van der Waals surface area contributed by atoms with Crippen LogP contribution in [0.3, 0.4) is 0 Å². The Hall–Kier alpha value is -3.60. The van der Waals surface area contributed by atoms with E-state index in [9.17, 15) is 10.1 Å². The van der Waals surface area contributed by atoms with Crippen LogP contribution < -0.4 is 9.47 Å². The van der Waals surface area contributed by atoms with Gasteiger partial charge in [-0.2, -0.15) is 0 Å². The average Bonchev–Trinajstić information content (AvgIpc) is 2.77. The number of rotatable bonds is 6. The standard InChI is InChI=1S/C24H21NO4/c1-28-21-11-12-24(25(26)27)23(15-21)20-8-7-19-14-22(10-9-18(19)13-20)29-16-17-5-3-2-4-6-17/h2-6,9-15H,7-8,16H2,1H3. The van der Waals surface area contributed by atoms with Crippen LogP contribution in [0.25, 0.3) is 11.6 Å². The summed E-state index contributed by atoms with van der Waals surface area (Å²) in [5.74, 6) is 1.44. The van der Waals surface area contributed by atoms with Crippen molar-refractivity contribution in [3.63, 3.8) is 0 Å². The summed E-state index contributed by atoms with van der Waals surface area (Å²) < 4.78 is 11.2. The molecule has 3 aromatic rings. The minimum Gasteiger partial charge on any atom is -0.497 e. The molecule has 4 rings (SSSR count). The molecule has 0 bridgehead atoms. The molecule has 5 heteroatoms. The summed E-state index contributed by atoms with van der Waals surface area (Å²) in [6.45, 7) is 0.525. The molecule has 0 atom stereocenters. The molecule has 0 amide bonds. The molecule has 0 heterocycles. The summed E-state index contributed by atoms with van der Waals surface area (Å²) in [6, 6.07) is 20.9. The van der Waals surface area contributed by atoms with Crippen LogP contribution in [-0.4, -0.2) is 12.0 Å². The molecule has 0 aliphatic heterocycles. The Kier molecular flexibility index (Phi) is 5.29. The SMILES string of the molecule is COc1ccc([N+](=O)[O-])c(C2=Cc3ccc(OCc4ccccc4)cc3CC2)c1. The Balaban J connectivity index is 1.59. The lowest BCUT2D eigenvalue weighted by Gasteiger charge is -2.18. The zero-order chi connectivity index (χ0) is 20.2. The van der Waals surface area contributed by atoms with Crippen LogP contribution in [0.15, 0.2) is 66.7 Å². The third-order valence-electron chi connectivity index (χ3n) is 5.10. The van der Waals surface area contributed by atoms with Crippen LogP contribution in [0.5, 0.6) is 11.5 Å². The summed E-state index contributed by atoms with van der Waals surface area (Å²) in [4.78, 5) is 11.1. The highest BCUT2D eigenvalue weighted by Gasteiger charge is 2.21. The van der Waals surface area contributed by atoms with Crippen molar-refractivity contribution < 1.29 is 14.4 Å². The van der Waals surface area contributed by atoms with E-state index in [1.807, 2.05) is 48.5 Å². The van der Waals surface area contributed by atoms with E-state index in [1.54, 1.807) is 19.2 Å². The van der Waals surface area contributed by atoms with Crippen LogP contribution in [0, 0.1) is 10.1 Å². The predicted octanol–water partition coefficient (Wildman–Crippen LogP) is 5.67. The van der Waals surface area contributed by atoms with Crippen molar-refractivity contribution in [2.45, 2.75) is 19.4 Å². The first-order valence-electron chi connectivity index (χ1n) is 9.47. The van der Waals surface area contributed by atoms with Crippen LogP contribution in [0.2, 0.25) is 0 Å². The molecule has 1 aliphatic carbocycles. The Morgan fingerprint density at radius 2 is 1.76 bits per heavy atom. The monoisotopic (exact) mass is 387 g/mol. The predicted molar refractivity (Wildman–Crippen MR) is 113 cm³/mol. The van der Waals surface area contributed by atoms with Crippen LogP contribution in [0.1, 0.15) is 28.7 Å². The van der Waals surface area contributed by atoms with Crippen molar-refractivity contribution in [2.24, 2.45) is 0 Å². The average molecular weight is 387 g/mol. The van der Waals surface area contributed by atoms with Gasteiger partial charge in [-0.25, -0.2) is 0 Å². The van der Waals surface area contributed by atoms with E-state index in [2.05, 4.69) is 6.07 Å². The number of benzene rings is 3. The molecule has 1 aliphatic rings. The fourth-order valence-corrected chi connectivity index (χ4v) is 3.57. The van der Waals surface area contributed by atoms with E-state index < -0.39 is 0 Å². The topological polar surface area (TPSA) is 61.6 Å². The van der Waals surface area contributed by atoms with E-state index in [-0.39, 0.29) is 10.6 Å². The van der Waals surface area contributed by atoms with Crippen molar-refractivity contribution in [1.29, 1.82) is 0 Å². The molecular formula is C24H21NO4. The molecule has 0 radical (unpaired) electrons. The molecule has 0 spiro atoms. The Bertz CT molecular complexity index is 1070. The van der Waals surface area contributed by atoms with E-state index in [4.69, 9.17) is 9.47 Å². The molecule has 0 N–H and O–H groups in total. The molecule has 0 saturated heterocycles. The second-order valence-corrected chi connectivity index (χ2v) is 6.94. The maximum absolute atomic E-state index is 11.5. The molecule has 5 nitrogen and oxygen atoms in total. The largest absolute Gasteiger partial charge is 0.497 e. The van der Waals surface area contributed by atoms with Gasteiger partial charge in [-0.3, -0.25) is 10.1 Å². The number of methoxy groups -OCH3 is 1. The van der Waals surface area contributed by atoms with Crippen LogP contribution >= 0.6 is 0 Å². The molecule has 0 aromatic heterocycles. The number of ether oxygens (including phenoxy) is 2. The van der Waals surface area contributed by atoms with Gasteiger partial charge in [-0.05, 0) is 59.4 Å². The number of hydrogen-bond acceptors (Lipinski definition) is 4. The van der Waals surface area contributed by atoms with E-state index in [1.165, 1.54) is 11.6 Å². The molecule has 0 saturated carbocycles. The Labute approximate surface area is 169 Å². The third kappa shape index (κ3) is 4.14. The summed E-state index contributed by atoms with van der Waals surface area (Å²) in [7, 11) is 1.56. The van der Waals surface area contributed by atoms with Gasteiger partial charge in [0, 0.05) is 6.07 Å². The molecule has 0 unspecified atom stereocenters. The summed E-state index contributed by atoms with van der Waals surface area (Å²) in [6.07, 6.45) is 3.56. The molecule has 3 aromatic carbocycles. The number of fused-ring (bicyclic) bond motifs is 1. The number of nitrogens with zero attached hydrogens (tertiary/aromatic N) is 1. The highest BCUT2D eigenvalue weighted by atomic mass is 16.6. The van der Waals surface area contributed by atoms with Crippen LogP contribution in [-0.2, 0) is 13.0 Å². The number of aryl methyl sites for hydroxylation is 1.